The predicted molar refractivity (Wildman–Crippen MR) is 60.3 cm³/mol. The smallest absolute Gasteiger partial charge is 0.300 e. The first-order chi connectivity index (χ1) is 7.20. The van der Waals surface area contributed by atoms with Gasteiger partial charge in [-0.2, -0.15) is 5.10 Å². The molecule has 0 aliphatic rings. The molecule has 0 aliphatic heterocycles. The van der Waals surface area contributed by atoms with Crippen LogP contribution in [0.5, 0.6) is 0 Å². The number of aromatic nitrogens is 3. The molecule has 2 aromatic heterocycles. The molecule has 0 aromatic carbocycles. The Morgan fingerprint density at radius 1 is 1.53 bits per heavy atom. The lowest BCUT2D eigenvalue weighted by Crippen LogP contribution is -2.14. The van der Waals surface area contributed by atoms with Crippen LogP contribution in [0.3, 0.4) is 0 Å². The molecular formula is C10H13N3OS. The SMILES string of the molecule is CCc1cc(Cn2ccsc2=O)n(C)n1. The van der Waals surface area contributed by atoms with Gasteiger partial charge in [0.05, 0.1) is 17.9 Å². The van der Waals surface area contributed by atoms with Gasteiger partial charge in [0, 0.05) is 18.6 Å². The second-order valence-electron chi connectivity index (χ2n) is 3.40. The van der Waals surface area contributed by atoms with Crippen LogP contribution < -0.4 is 4.87 Å². The first-order valence-electron chi connectivity index (χ1n) is 4.86. The molecule has 4 nitrogen and oxygen atoms in total. The molecule has 0 bridgehead atoms. The minimum Gasteiger partial charge on any atom is -0.300 e. The monoisotopic (exact) mass is 223 g/mol. The highest BCUT2D eigenvalue weighted by molar-refractivity contribution is 7.07. The summed E-state index contributed by atoms with van der Waals surface area (Å²) in [5.41, 5.74) is 2.13. The Morgan fingerprint density at radius 3 is 2.87 bits per heavy atom. The van der Waals surface area contributed by atoms with E-state index in [0.29, 0.717) is 6.54 Å². The van der Waals surface area contributed by atoms with Crippen LogP contribution in [0.15, 0.2) is 22.4 Å². The largest absolute Gasteiger partial charge is 0.307 e. The van der Waals surface area contributed by atoms with Gasteiger partial charge in [-0.25, -0.2) is 0 Å². The highest BCUT2D eigenvalue weighted by atomic mass is 32.1. The summed E-state index contributed by atoms with van der Waals surface area (Å²) in [5.74, 6) is 0. The first-order valence-corrected chi connectivity index (χ1v) is 5.74. The highest BCUT2D eigenvalue weighted by Crippen LogP contribution is 2.05. The fraction of sp³-hybridized carbons (Fsp3) is 0.400. The molecule has 0 N–H and O–H groups in total. The topological polar surface area (TPSA) is 39.8 Å². The van der Waals surface area contributed by atoms with Crippen molar-refractivity contribution in [3.63, 3.8) is 0 Å². The number of rotatable bonds is 3. The lowest BCUT2D eigenvalue weighted by Gasteiger charge is -2.00. The second-order valence-corrected chi connectivity index (χ2v) is 4.26. The zero-order valence-electron chi connectivity index (χ0n) is 8.80. The summed E-state index contributed by atoms with van der Waals surface area (Å²) in [6, 6.07) is 2.05. The number of thiazole rings is 1. The Labute approximate surface area is 91.8 Å². The van der Waals surface area contributed by atoms with Crippen LogP contribution in [0.4, 0.5) is 0 Å². The lowest BCUT2D eigenvalue weighted by atomic mass is 10.3. The molecular weight excluding hydrogens is 210 g/mol. The van der Waals surface area contributed by atoms with Crippen molar-refractivity contribution in [3.05, 3.63) is 38.7 Å². The quantitative estimate of drug-likeness (QED) is 0.785. The zero-order chi connectivity index (χ0) is 10.8. The number of nitrogens with zero attached hydrogens (tertiary/aromatic N) is 3. The summed E-state index contributed by atoms with van der Waals surface area (Å²) in [6.45, 7) is 2.68. The number of hydrogen-bond donors (Lipinski definition) is 0. The van der Waals surface area contributed by atoms with E-state index in [1.807, 2.05) is 24.0 Å². The van der Waals surface area contributed by atoms with Crippen molar-refractivity contribution >= 4 is 11.3 Å². The zero-order valence-corrected chi connectivity index (χ0v) is 9.62. The van der Waals surface area contributed by atoms with E-state index < -0.39 is 0 Å². The Hall–Kier alpha value is -1.36. The van der Waals surface area contributed by atoms with Crippen molar-refractivity contribution in [3.8, 4) is 0 Å². The molecule has 0 atom stereocenters. The van der Waals surface area contributed by atoms with Gasteiger partial charge in [-0.3, -0.25) is 14.0 Å². The Kier molecular flexibility index (Phi) is 2.73. The third kappa shape index (κ3) is 2.02. The highest BCUT2D eigenvalue weighted by Gasteiger charge is 2.05. The van der Waals surface area contributed by atoms with Crippen molar-refractivity contribution in [1.29, 1.82) is 0 Å². The molecule has 0 radical (unpaired) electrons. The van der Waals surface area contributed by atoms with Crippen LogP contribution in [0, 0.1) is 0 Å². The molecule has 2 rings (SSSR count). The van der Waals surface area contributed by atoms with Crippen LogP contribution in [0.1, 0.15) is 18.3 Å². The van der Waals surface area contributed by atoms with Gasteiger partial charge < -0.3 is 0 Å². The Bertz CT molecular complexity index is 509. The third-order valence-corrected chi connectivity index (χ3v) is 3.06. The maximum absolute atomic E-state index is 11.4. The minimum atomic E-state index is 0.0780. The Morgan fingerprint density at radius 2 is 2.33 bits per heavy atom. The van der Waals surface area contributed by atoms with Gasteiger partial charge in [0.25, 0.3) is 0 Å². The van der Waals surface area contributed by atoms with Gasteiger partial charge >= 0.3 is 4.87 Å². The van der Waals surface area contributed by atoms with Crippen LogP contribution in [-0.2, 0) is 20.0 Å². The first kappa shape index (κ1) is 10.2. The van der Waals surface area contributed by atoms with E-state index in [1.165, 1.54) is 11.3 Å². The molecule has 0 spiro atoms. The van der Waals surface area contributed by atoms with E-state index in [-0.39, 0.29) is 4.87 Å². The van der Waals surface area contributed by atoms with Gasteiger partial charge in [0.2, 0.25) is 0 Å². The van der Waals surface area contributed by atoms with E-state index in [4.69, 9.17) is 0 Å². The number of aryl methyl sites for hydroxylation is 2. The van der Waals surface area contributed by atoms with Crippen LogP contribution in [0.25, 0.3) is 0 Å². The van der Waals surface area contributed by atoms with Gasteiger partial charge in [-0.05, 0) is 12.5 Å². The molecule has 0 amide bonds. The standard InChI is InChI=1S/C10H13N3OS/c1-3-8-6-9(12(2)11-8)7-13-4-5-15-10(13)14/h4-6H,3,7H2,1-2H3. The summed E-state index contributed by atoms with van der Waals surface area (Å²) < 4.78 is 3.53. The molecule has 80 valence electrons. The molecule has 0 aliphatic carbocycles. The van der Waals surface area contributed by atoms with Gasteiger partial charge in [0.15, 0.2) is 0 Å². The normalized spacial score (nSPS) is 10.8. The number of hydrogen-bond acceptors (Lipinski definition) is 3. The summed E-state index contributed by atoms with van der Waals surface area (Å²) in [5, 5.41) is 6.15. The van der Waals surface area contributed by atoms with Crippen molar-refractivity contribution in [2.45, 2.75) is 19.9 Å². The maximum Gasteiger partial charge on any atom is 0.307 e. The van der Waals surface area contributed by atoms with E-state index >= 15 is 0 Å². The van der Waals surface area contributed by atoms with Crippen LogP contribution in [-0.4, -0.2) is 14.3 Å². The second kappa shape index (κ2) is 4.02. The van der Waals surface area contributed by atoms with E-state index in [2.05, 4.69) is 12.0 Å². The summed E-state index contributed by atoms with van der Waals surface area (Å²) in [4.78, 5) is 11.4. The lowest BCUT2D eigenvalue weighted by molar-refractivity contribution is 0.656. The van der Waals surface area contributed by atoms with Gasteiger partial charge in [-0.15, -0.1) is 0 Å². The third-order valence-electron chi connectivity index (χ3n) is 2.37. The average molecular weight is 223 g/mol. The average Bonchev–Trinajstić information content (AvgIpc) is 2.76. The minimum absolute atomic E-state index is 0.0780. The Balaban J connectivity index is 2.28. The van der Waals surface area contributed by atoms with Crippen molar-refractivity contribution < 1.29 is 0 Å². The summed E-state index contributed by atoms with van der Waals surface area (Å²) in [7, 11) is 1.91. The van der Waals surface area contributed by atoms with Crippen LogP contribution >= 0.6 is 11.3 Å². The van der Waals surface area contributed by atoms with E-state index in [0.717, 1.165) is 17.8 Å². The van der Waals surface area contributed by atoms with Crippen molar-refractivity contribution in [1.82, 2.24) is 14.3 Å². The van der Waals surface area contributed by atoms with E-state index in [9.17, 15) is 4.79 Å². The maximum atomic E-state index is 11.4. The summed E-state index contributed by atoms with van der Waals surface area (Å²) in [6.07, 6.45) is 2.73. The fourth-order valence-corrected chi connectivity index (χ4v) is 2.06. The molecule has 2 aromatic rings. The van der Waals surface area contributed by atoms with Crippen molar-refractivity contribution in [2.75, 3.05) is 0 Å². The van der Waals surface area contributed by atoms with Crippen molar-refractivity contribution in [2.24, 2.45) is 7.05 Å². The van der Waals surface area contributed by atoms with E-state index in [1.54, 1.807) is 9.95 Å². The molecule has 0 saturated carbocycles. The molecule has 15 heavy (non-hydrogen) atoms. The molecule has 0 saturated heterocycles. The van der Waals surface area contributed by atoms with Crippen LogP contribution in [0.2, 0.25) is 0 Å². The molecule has 5 heteroatoms. The summed E-state index contributed by atoms with van der Waals surface area (Å²) >= 11 is 1.22. The van der Waals surface area contributed by atoms with Gasteiger partial charge in [0.1, 0.15) is 0 Å². The predicted octanol–water partition coefficient (Wildman–Crippen LogP) is 1.25. The van der Waals surface area contributed by atoms with Gasteiger partial charge in [-0.1, -0.05) is 18.3 Å². The molecule has 0 fully saturated rings. The molecule has 2 heterocycles. The fourth-order valence-electron chi connectivity index (χ4n) is 1.47. The molecule has 0 unspecified atom stereocenters.